The number of rotatable bonds is 7. The van der Waals surface area contributed by atoms with Crippen LogP contribution in [0.3, 0.4) is 0 Å². The largest absolute Gasteiger partial charge is 0.480 e. The number of halogens is 1. The summed E-state index contributed by atoms with van der Waals surface area (Å²) < 4.78 is 0. The van der Waals surface area contributed by atoms with Crippen LogP contribution in [0, 0.1) is 0 Å². The van der Waals surface area contributed by atoms with Gasteiger partial charge in [-0.15, -0.1) is 11.8 Å². The van der Waals surface area contributed by atoms with Crippen LogP contribution < -0.4 is 5.32 Å². The van der Waals surface area contributed by atoms with Gasteiger partial charge >= 0.3 is 5.97 Å². The number of allylic oxidation sites excluding steroid dienone is 1. The number of carbonyl (C=O) groups is 2. The van der Waals surface area contributed by atoms with E-state index in [1.165, 1.54) is 11.8 Å². The monoisotopic (exact) mass is 313 g/mol. The minimum Gasteiger partial charge on any atom is -0.480 e. The smallest absolute Gasteiger partial charge is 0.326 e. The highest BCUT2D eigenvalue weighted by Crippen LogP contribution is 2.19. The lowest BCUT2D eigenvalue weighted by Gasteiger charge is -2.12. The Kier molecular flexibility index (Phi) is 7.18. The fourth-order valence-corrected chi connectivity index (χ4v) is 2.24. The Morgan fingerprint density at radius 1 is 1.40 bits per heavy atom. The molecular weight excluding hydrogens is 298 g/mol. The van der Waals surface area contributed by atoms with Crippen LogP contribution >= 0.6 is 23.4 Å². The molecule has 4 nitrogen and oxygen atoms in total. The molecule has 0 fully saturated rings. The zero-order valence-corrected chi connectivity index (χ0v) is 12.6. The van der Waals surface area contributed by atoms with E-state index in [0.29, 0.717) is 5.02 Å². The summed E-state index contributed by atoms with van der Waals surface area (Å²) in [5.41, 5.74) is 0. The maximum Gasteiger partial charge on any atom is 0.326 e. The Morgan fingerprint density at radius 2 is 2.05 bits per heavy atom. The minimum atomic E-state index is -1.03. The van der Waals surface area contributed by atoms with Crippen LogP contribution in [0.1, 0.15) is 13.3 Å². The number of aliphatic carboxylic acids is 1. The number of benzene rings is 1. The lowest BCUT2D eigenvalue weighted by atomic mass is 10.2. The first kappa shape index (κ1) is 16.6. The van der Waals surface area contributed by atoms with Gasteiger partial charge in [-0.1, -0.05) is 23.8 Å². The normalized spacial score (nSPS) is 12.3. The van der Waals surface area contributed by atoms with Gasteiger partial charge in [0.05, 0.1) is 5.75 Å². The van der Waals surface area contributed by atoms with Crippen LogP contribution in [0.2, 0.25) is 5.02 Å². The van der Waals surface area contributed by atoms with E-state index in [-0.39, 0.29) is 18.1 Å². The van der Waals surface area contributed by atoms with Gasteiger partial charge in [0.15, 0.2) is 0 Å². The summed E-state index contributed by atoms with van der Waals surface area (Å²) >= 11 is 7.10. The molecule has 1 atom stereocenters. The van der Waals surface area contributed by atoms with Crippen molar-refractivity contribution in [2.45, 2.75) is 24.3 Å². The van der Waals surface area contributed by atoms with E-state index in [2.05, 4.69) is 5.32 Å². The molecule has 1 aromatic rings. The van der Waals surface area contributed by atoms with Gasteiger partial charge in [0, 0.05) is 9.92 Å². The summed E-state index contributed by atoms with van der Waals surface area (Å²) in [7, 11) is 0. The molecule has 108 valence electrons. The van der Waals surface area contributed by atoms with E-state index in [1.807, 2.05) is 12.1 Å². The van der Waals surface area contributed by atoms with Crippen molar-refractivity contribution in [3.8, 4) is 0 Å². The number of amides is 1. The lowest BCUT2D eigenvalue weighted by Crippen LogP contribution is -2.41. The summed E-state index contributed by atoms with van der Waals surface area (Å²) in [5.74, 6) is -1.17. The van der Waals surface area contributed by atoms with Gasteiger partial charge in [0.1, 0.15) is 6.04 Å². The van der Waals surface area contributed by atoms with E-state index < -0.39 is 12.0 Å². The van der Waals surface area contributed by atoms with Crippen LogP contribution in [-0.4, -0.2) is 28.8 Å². The van der Waals surface area contributed by atoms with Gasteiger partial charge in [0.25, 0.3) is 0 Å². The molecule has 2 N–H and O–H groups in total. The van der Waals surface area contributed by atoms with E-state index in [1.54, 1.807) is 31.2 Å². The summed E-state index contributed by atoms with van der Waals surface area (Å²) in [6.07, 6.45) is 3.75. The first-order valence-electron chi connectivity index (χ1n) is 6.04. The first-order valence-corrected chi connectivity index (χ1v) is 7.41. The van der Waals surface area contributed by atoms with Crippen LogP contribution in [0.4, 0.5) is 0 Å². The molecule has 0 radical (unpaired) electrons. The second-order valence-corrected chi connectivity index (χ2v) is 5.49. The highest BCUT2D eigenvalue weighted by Gasteiger charge is 2.18. The molecular formula is C14H16ClNO3S. The van der Waals surface area contributed by atoms with Gasteiger partial charge in [-0.25, -0.2) is 4.79 Å². The molecule has 0 aliphatic carbocycles. The highest BCUT2D eigenvalue weighted by molar-refractivity contribution is 8.00. The molecule has 0 aliphatic rings. The van der Waals surface area contributed by atoms with Crippen LogP contribution in [0.25, 0.3) is 0 Å². The molecule has 0 saturated carbocycles. The SMILES string of the molecule is C/C=C/CC(NC(=O)CSc1ccc(Cl)cc1)C(=O)O. The Morgan fingerprint density at radius 3 is 2.60 bits per heavy atom. The molecule has 0 aliphatic heterocycles. The molecule has 0 bridgehead atoms. The molecule has 6 heteroatoms. The minimum absolute atomic E-state index is 0.168. The standard InChI is InChI=1S/C14H16ClNO3S/c1-2-3-4-12(14(18)19)16-13(17)9-20-11-7-5-10(15)6-8-11/h2-3,5-8,12H,4,9H2,1H3,(H,16,17)(H,18,19)/b3-2+. The number of hydrogen-bond donors (Lipinski definition) is 2. The molecule has 0 heterocycles. The molecule has 1 rings (SSSR count). The Balaban J connectivity index is 2.45. The first-order chi connectivity index (χ1) is 9.52. The average molecular weight is 314 g/mol. The number of hydrogen-bond acceptors (Lipinski definition) is 3. The predicted octanol–water partition coefficient (Wildman–Crippen LogP) is 2.97. The van der Waals surface area contributed by atoms with Crippen molar-refractivity contribution >= 4 is 35.2 Å². The van der Waals surface area contributed by atoms with Crippen molar-refractivity contribution in [1.29, 1.82) is 0 Å². The molecule has 0 aromatic heterocycles. The molecule has 1 amide bonds. The zero-order valence-electron chi connectivity index (χ0n) is 11.0. The van der Waals surface area contributed by atoms with E-state index in [0.717, 1.165) is 4.90 Å². The predicted molar refractivity (Wildman–Crippen MR) is 81.2 cm³/mol. The second-order valence-electron chi connectivity index (χ2n) is 4.01. The quantitative estimate of drug-likeness (QED) is 0.600. The van der Waals surface area contributed by atoms with Crippen LogP contribution in [0.15, 0.2) is 41.3 Å². The Hall–Kier alpha value is -1.46. The van der Waals surface area contributed by atoms with Gasteiger partial charge in [-0.3, -0.25) is 4.79 Å². The summed E-state index contributed by atoms with van der Waals surface area (Å²) in [6.45, 7) is 1.80. The summed E-state index contributed by atoms with van der Waals surface area (Å²) in [6, 6.07) is 6.23. The third kappa shape index (κ3) is 6.12. The van der Waals surface area contributed by atoms with Crippen molar-refractivity contribution in [2.24, 2.45) is 0 Å². The van der Waals surface area contributed by atoms with E-state index >= 15 is 0 Å². The summed E-state index contributed by atoms with van der Waals surface area (Å²) in [4.78, 5) is 23.6. The molecule has 1 aromatic carbocycles. The molecule has 0 spiro atoms. The number of nitrogens with one attached hydrogen (secondary N) is 1. The van der Waals surface area contributed by atoms with Crippen molar-refractivity contribution in [3.63, 3.8) is 0 Å². The van der Waals surface area contributed by atoms with Crippen molar-refractivity contribution in [3.05, 3.63) is 41.4 Å². The van der Waals surface area contributed by atoms with Crippen LogP contribution in [0.5, 0.6) is 0 Å². The van der Waals surface area contributed by atoms with Crippen molar-refractivity contribution < 1.29 is 14.7 Å². The number of carbonyl (C=O) groups excluding carboxylic acids is 1. The number of thioether (sulfide) groups is 1. The van der Waals surface area contributed by atoms with Gasteiger partial charge in [0.2, 0.25) is 5.91 Å². The van der Waals surface area contributed by atoms with E-state index in [4.69, 9.17) is 16.7 Å². The third-order valence-electron chi connectivity index (χ3n) is 2.42. The van der Waals surface area contributed by atoms with E-state index in [9.17, 15) is 9.59 Å². The fraction of sp³-hybridized carbons (Fsp3) is 0.286. The van der Waals surface area contributed by atoms with Gasteiger partial charge in [-0.05, 0) is 37.6 Å². The summed E-state index contributed by atoms with van der Waals surface area (Å²) in [5, 5.41) is 12.1. The third-order valence-corrected chi connectivity index (χ3v) is 3.69. The highest BCUT2D eigenvalue weighted by atomic mass is 35.5. The maximum absolute atomic E-state index is 11.7. The lowest BCUT2D eigenvalue weighted by molar-refractivity contribution is -0.141. The number of carboxylic acids is 1. The van der Waals surface area contributed by atoms with Crippen LogP contribution in [-0.2, 0) is 9.59 Å². The molecule has 0 saturated heterocycles. The van der Waals surface area contributed by atoms with Crippen molar-refractivity contribution in [2.75, 3.05) is 5.75 Å². The Labute approximate surface area is 127 Å². The molecule has 1 unspecified atom stereocenters. The van der Waals surface area contributed by atoms with Gasteiger partial charge in [-0.2, -0.15) is 0 Å². The number of carboxylic acid groups (broad SMARTS) is 1. The Bertz CT molecular complexity index is 488. The average Bonchev–Trinajstić information content (AvgIpc) is 2.42. The topological polar surface area (TPSA) is 66.4 Å². The fourth-order valence-electron chi connectivity index (χ4n) is 1.41. The van der Waals surface area contributed by atoms with Crippen molar-refractivity contribution in [1.82, 2.24) is 5.32 Å². The maximum atomic E-state index is 11.7. The molecule has 20 heavy (non-hydrogen) atoms. The second kappa shape index (κ2) is 8.66. The zero-order chi connectivity index (χ0) is 15.0. The van der Waals surface area contributed by atoms with Gasteiger partial charge < -0.3 is 10.4 Å².